The van der Waals surface area contributed by atoms with Crippen molar-refractivity contribution in [3.8, 4) is 0 Å². The molecular weight excluding hydrogens is 246 g/mol. The molecule has 1 aromatic heterocycles. The highest BCUT2D eigenvalue weighted by Crippen LogP contribution is 2.08. The van der Waals surface area contributed by atoms with Gasteiger partial charge in [-0.1, -0.05) is 13.3 Å². The highest BCUT2D eigenvalue weighted by molar-refractivity contribution is 5.80. The molecule has 1 aliphatic rings. The third-order valence-electron chi connectivity index (χ3n) is 3.36. The highest BCUT2D eigenvalue weighted by Gasteiger charge is 2.28. The number of aromatic nitrogens is 4. The molecule has 19 heavy (non-hydrogen) atoms. The number of piperazine rings is 1. The first-order chi connectivity index (χ1) is 9.22. The SMILES string of the molecule is CCCCn1nnnc1CN1CCNCC1C(N)=O. The molecule has 0 aliphatic carbocycles. The Bertz CT molecular complexity index is 419. The van der Waals surface area contributed by atoms with Crippen LogP contribution in [0, 0.1) is 0 Å². The van der Waals surface area contributed by atoms with Gasteiger partial charge in [0.15, 0.2) is 5.82 Å². The van der Waals surface area contributed by atoms with Crippen molar-refractivity contribution in [3.63, 3.8) is 0 Å². The molecule has 1 aromatic rings. The number of aryl methyl sites for hydroxylation is 1. The molecular formula is C11H21N7O. The number of hydrogen-bond acceptors (Lipinski definition) is 6. The standard InChI is InChI=1S/C11H21N7O/c1-2-3-5-18-10(14-15-16-18)8-17-6-4-13-7-9(17)11(12)19/h9,13H,2-8H2,1H3,(H2,12,19). The Morgan fingerprint density at radius 3 is 3.16 bits per heavy atom. The van der Waals surface area contributed by atoms with Crippen LogP contribution < -0.4 is 11.1 Å². The molecule has 8 nitrogen and oxygen atoms in total. The molecule has 1 fully saturated rings. The van der Waals surface area contributed by atoms with E-state index in [9.17, 15) is 4.79 Å². The lowest BCUT2D eigenvalue weighted by atomic mass is 10.2. The molecule has 106 valence electrons. The van der Waals surface area contributed by atoms with Crippen LogP contribution in [0.2, 0.25) is 0 Å². The fourth-order valence-electron chi connectivity index (χ4n) is 2.22. The lowest BCUT2D eigenvalue weighted by Crippen LogP contribution is -2.56. The first kappa shape index (κ1) is 13.9. The summed E-state index contributed by atoms with van der Waals surface area (Å²) in [6.45, 7) is 5.71. The molecule has 8 heteroatoms. The van der Waals surface area contributed by atoms with Crippen molar-refractivity contribution in [3.05, 3.63) is 5.82 Å². The van der Waals surface area contributed by atoms with Gasteiger partial charge in [-0.2, -0.15) is 0 Å². The van der Waals surface area contributed by atoms with Crippen LogP contribution in [0.25, 0.3) is 0 Å². The molecule has 2 heterocycles. The van der Waals surface area contributed by atoms with E-state index in [0.29, 0.717) is 13.1 Å². The molecule has 0 bridgehead atoms. The lowest BCUT2D eigenvalue weighted by molar-refractivity contribution is -0.124. The van der Waals surface area contributed by atoms with Gasteiger partial charge in [-0.15, -0.1) is 5.10 Å². The van der Waals surface area contributed by atoms with Gasteiger partial charge < -0.3 is 11.1 Å². The van der Waals surface area contributed by atoms with E-state index in [2.05, 4.69) is 27.8 Å². The van der Waals surface area contributed by atoms with Crippen molar-refractivity contribution in [1.29, 1.82) is 0 Å². The number of nitrogens with two attached hydrogens (primary N) is 1. The van der Waals surface area contributed by atoms with Crippen LogP contribution in [0.3, 0.4) is 0 Å². The minimum absolute atomic E-state index is 0.287. The summed E-state index contributed by atoms with van der Waals surface area (Å²) in [7, 11) is 0. The molecule has 1 saturated heterocycles. The van der Waals surface area contributed by atoms with Crippen molar-refractivity contribution >= 4 is 5.91 Å². The Morgan fingerprint density at radius 1 is 1.58 bits per heavy atom. The van der Waals surface area contributed by atoms with E-state index in [1.54, 1.807) is 0 Å². The van der Waals surface area contributed by atoms with Crippen LogP contribution in [0.15, 0.2) is 0 Å². The third-order valence-corrected chi connectivity index (χ3v) is 3.36. The van der Waals surface area contributed by atoms with Crippen LogP contribution in [0.1, 0.15) is 25.6 Å². The number of carbonyl (C=O) groups excluding carboxylic acids is 1. The van der Waals surface area contributed by atoms with Gasteiger partial charge in [0.25, 0.3) is 0 Å². The summed E-state index contributed by atoms with van der Waals surface area (Å²) in [5.41, 5.74) is 5.43. The number of nitrogens with zero attached hydrogens (tertiary/aromatic N) is 5. The van der Waals surface area contributed by atoms with Crippen LogP contribution in [-0.2, 0) is 17.9 Å². The van der Waals surface area contributed by atoms with Crippen LogP contribution >= 0.6 is 0 Å². The summed E-state index contributed by atoms with van der Waals surface area (Å²) in [4.78, 5) is 13.5. The minimum atomic E-state index is -0.306. The van der Waals surface area contributed by atoms with Gasteiger partial charge in [0.2, 0.25) is 5.91 Å². The zero-order chi connectivity index (χ0) is 13.7. The van der Waals surface area contributed by atoms with Gasteiger partial charge in [0, 0.05) is 26.2 Å². The van der Waals surface area contributed by atoms with Crippen LogP contribution in [0.5, 0.6) is 0 Å². The number of unbranched alkanes of at least 4 members (excludes halogenated alkanes) is 1. The van der Waals surface area contributed by atoms with Crippen molar-refractivity contribution in [1.82, 2.24) is 30.4 Å². The summed E-state index contributed by atoms with van der Waals surface area (Å²) in [5.74, 6) is 0.487. The zero-order valence-corrected chi connectivity index (χ0v) is 11.2. The maximum absolute atomic E-state index is 11.4. The maximum Gasteiger partial charge on any atom is 0.236 e. The summed E-state index contributed by atoms with van der Waals surface area (Å²) in [5, 5.41) is 14.9. The second-order valence-electron chi connectivity index (χ2n) is 4.76. The number of hydrogen-bond donors (Lipinski definition) is 2. The number of tetrazole rings is 1. The Kier molecular flexibility index (Phi) is 4.80. The number of primary amides is 1. The first-order valence-electron chi connectivity index (χ1n) is 6.71. The summed E-state index contributed by atoms with van der Waals surface area (Å²) in [6.07, 6.45) is 2.13. The second kappa shape index (κ2) is 6.58. The van der Waals surface area contributed by atoms with Gasteiger partial charge in [-0.05, 0) is 16.8 Å². The number of rotatable bonds is 6. The van der Waals surface area contributed by atoms with Gasteiger partial charge in [-0.25, -0.2) is 4.68 Å². The average molecular weight is 267 g/mol. The molecule has 0 spiro atoms. The van der Waals surface area contributed by atoms with Crippen molar-refractivity contribution in [2.45, 2.75) is 38.9 Å². The largest absolute Gasteiger partial charge is 0.368 e. The molecule has 1 amide bonds. The second-order valence-corrected chi connectivity index (χ2v) is 4.76. The summed E-state index contributed by atoms with van der Waals surface area (Å²) >= 11 is 0. The van der Waals surface area contributed by atoms with Crippen molar-refractivity contribution in [2.75, 3.05) is 19.6 Å². The molecule has 2 rings (SSSR count). The molecule has 0 saturated carbocycles. The first-order valence-corrected chi connectivity index (χ1v) is 6.71. The quantitative estimate of drug-likeness (QED) is 0.666. The topological polar surface area (TPSA) is 102 Å². The Hall–Kier alpha value is -1.54. The van der Waals surface area contributed by atoms with E-state index in [4.69, 9.17) is 5.73 Å². The fraction of sp³-hybridized carbons (Fsp3) is 0.818. The molecule has 0 aromatic carbocycles. The minimum Gasteiger partial charge on any atom is -0.368 e. The van der Waals surface area contributed by atoms with Gasteiger partial charge in [0.05, 0.1) is 6.54 Å². The maximum atomic E-state index is 11.4. The van der Waals surface area contributed by atoms with E-state index in [0.717, 1.165) is 38.3 Å². The fourth-order valence-corrected chi connectivity index (χ4v) is 2.22. The average Bonchev–Trinajstić information content (AvgIpc) is 2.84. The Labute approximate surface area is 112 Å². The smallest absolute Gasteiger partial charge is 0.236 e. The molecule has 3 N–H and O–H groups in total. The van der Waals surface area contributed by atoms with E-state index in [1.165, 1.54) is 0 Å². The summed E-state index contributed by atoms with van der Waals surface area (Å²) < 4.78 is 1.81. The monoisotopic (exact) mass is 267 g/mol. The summed E-state index contributed by atoms with van der Waals surface area (Å²) in [6, 6.07) is -0.287. The van der Waals surface area contributed by atoms with Crippen LogP contribution in [0.4, 0.5) is 0 Å². The van der Waals surface area contributed by atoms with E-state index in [1.807, 2.05) is 9.58 Å². The number of amides is 1. The molecule has 1 atom stereocenters. The Balaban J connectivity index is 2.02. The number of nitrogens with one attached hydrogen (secondary N) is 1. The molecule has 1 unspecified atom stereocenters. The lowest BCUT2D eigenvalue weighted by Gasteiger charge is -2.33. The van der Waals surface area contributed by atoms with Gasteiger partial charge >= 0.3 is 0 Å². The van der Waals surface area contributed by atoms with E-state index >= 15 is 0 Å². The highest BCUT2D eigenvalue weighted by atomic mass is 16.1. The third kappa shape index (κ3) is 3.48. The number of carbonyl (C=O) groups is 1. The normalized spacial score (nSPS) is 20.6. The van der Waals surface area contributed by atoms with Crippen LogP contribution in [-0.4, -0.2) is 56.7 Å². The van der Waals surface area contributed by atoms with E-state index in [-0.39, 0.29) is 11.9 Å². The van der Waals surface area contributed by atoms with Crippen molar-refractivity contribution < 1.29 is 4.79 Å². The van der Waals surface area contributed by atoms with Crippen molar-refractivity contribution in [2.24, 2.45) is 5.73 Å². The predicted octanol–water partition coefficient (Wildman–Crippen LogP) is -1.27. The van der Waals surface area contributed by atoms with Gasteiger partial charge in [-0.3, -0.25) is 9.69 Å². The Morgan fingerprint density at radius 2 is 2.42 bits per heavy atom. The molecule has 1 aliphatic heterocycles. The van der Waals surface area contributed by atoms with E-state index < -0.39 is 0 Å². The molecule has 0 radical (unpaired) electrons. The predicted molar refractivity (Wildman–Crippen MR) is 69.0 cm³/mol. The zero-order valence-electron chi connectivity index (χ0n) is 11.2. The van der Waals surface area contributed by atoms with Gasteiger partial charge in [0.1, 0.15) is 6.04 Å².